The molecule has 116 valence electrons. The third-order valence-corrected chi connectivity index (χ3v) is 4.86. The number of carbonyl (C=O) groups excluding carboxylic acids is 1. The standard InChI is InChI=1S/C15H22N2O3S/c1-11-9-12(21(16,19)20)5-6-13(11)14(18)17-8-4-7-15(2,3)10-17/h5-6,9H,4,7-8,10H2,1-3H3,(H2,16,19,20). The van der Waals surface area contributed by atoms with Crippen molar-refractivity contribution in [1.82, 2.24) is 4.90 Å². The molecule has 1 aromatic rings. The number of piperidine rings is 1. The number of amides is 1. The van der Waals surface area contributed by atoms with Crippen molar-refractivity contribution < 1.29 is 13.2 Å². The van der Waals surface area contributed by atoms with Gasteiger partial charge in [0.15, 0.2) is 0 Å². The largest absolute Gasteiger partial charge is 0.338 e. The molecule has 1 aromatic carbocycles. The van der Waals surface area contributed by atoms with Crippen LogP contribution in [-0.4, -0.2) is 32.3 Å². The first kappa shape index (κ1) is 16.0. The lowest BCUT2D eigenvalue weighted by Crippen LogP contribution is -2.43. The quantitative estimate of drug-likeness (QED) is 0.906. The van der Waals surface area contributed by atoms with Gasteiger partial charge in [-0.2, -0.15) is 0 Å². The molecule has 1 fully saturated rings. The first-order valence-electron chi connectivity index (χ1n) is 7.03. The van der Waals surface area contributed by atoms with Gasteiger partial charge in [-0.05, 0) is 48.9 Å². The Morgan fingerprint density at radius 2 is 2.00 bits per heavy atom. The molecule has 1 heterocycles. The van der Waals surface area contributed by atoms with Crippen LogP contribution in [0.4, 0.5) is 0 Å². The van der Waals surface area contributed by atoms with Crippen molar-refractivity contribution in [2.24, 2.45) is 10.6 Å². The zero-order valence-electron chi connectivity index (χ0n) is 12.7. The third-order valence-electron chi connectivity index (χ3n) is 3.94. The lowest BCUT2D eigenvalue weighted by molar-refractivity contribution is 0.0582. The highest BCUT2D eigenvalue weighted by Crippen LogP contribution is 2.29. The topological polar surface area (TPSA) is 80.5 Å². The first-order chi connectivity index (χ1) is 9.60. The second-order valence-electron chi connectivity index (χ2n) is 6.52. The fourth-order valence-corrected chi connectivity index (χ4v) is 3.42. The molecule has 1 saturated heterocycles. The van der Waals surface area contributed by atoms with Crippen molar-refractivity contribution >= 4 is 15.9 Å². The van der Waals surface area contributed by atoms with E-state index in [1.807, 2.05) is 4.90 Å². The van der Waals surface area contributed by atoms with Crippen molar-refractivity contribution in [2.75, 3.05) is 13.1 Å². The molecular formula is C15H22N2O3S. The Morgan fingerprint density at radius 1 is 1.33 bits per heavy atom. The first-order valence-corrected chi connectivity index (χ1v) is 8.57. The number of nitrogens with zero attached hydrogens (tertiary/aromatic N) is 1. The summed E-state index contributed by atoms with van der Waals surface area (Å²) in [4.78, 5) is 14.5. The molecule has 0 spiro atoms. The van der Waals surface area contributed by atoms with E-state index in [-0.39, 0.29) is 16.2 Å². The van der Waals surface area contributed by atoms with Crippen LogP contribution < -0.4 is 5.14 Å². The lowest BCUT2D eigenvalue weighted by Gasteiger charge is -2.38. The maximum absolute atomic E-state index is 12.6. The average Bonchev–Trinajstić information content (AvgIpc) is 2.35. The van der Waals surface area contributed by atoms with Crippen LogP contribution in [0.5, 0.6) is 0 Å². The van der Waals surface area contributed by atoms with Gasteiger partial charge in [0.25, 0.3) is 5.91 Å². The monoisotopic (exact) mass is 310 g/mol. The summed E-state index contributed by atoms with van der Waals surface area (Å²) in [6.07, 6.45) is 2.10. The van der Waals surface area contributed by atoms with Gasteiger partial charge in [-0.1, -0.05) is 13.8 Å². The van der Waals surface area contributed by atoms with Crippen LogP contribution in [-0.2, 0) is 10.0 Å². The van der Waals surface area contributed by atoms with Gasteiger partial charge in [-0.3, -0.25) is 4.79 Å². The Labute approximate surface area is 126 Å². The zero-order valence-corrected chi connectivity index (χ0v) is 13.5. The number of hydrogen-bond donors (Lipinski definition) is 1. The molecule has 0 bridgehead atoms. The summed E-state index contributed by atoms with van der Waals surface area (Å²) < 4.78 is 22.7. The molecule has 1 aliphatic heterocycles. The highest BCUT2D eigenvalue weighted by Gasteiger charge is 2.30. The summed E-state index contributed by atoms with van der Waals surface area (Å²) in [6.45, 7) is 7.52. The maximum atomic E-state index is 12.6. The Balaban J connectivity index is 2.28. The molecule has 0 radical (unpaired) electrons. The van der Waals surface area contributed by atoms with Gasteiger partial charge in [0, 0.05) is 18.7 Å². The molecule has 0 saturated carbocycles. The lowest BCUT2D eigenvalue weighted by atomic mass is 9.84. The Bertz CT molecular complexity index is 665. The van der Waals surface area contributed by atoms with Crippen LogP contribution in [0.2, 0.25) is 0 Å². The molecular weight excluding hydrogens is 288 g/mol. The third kappa shape index (κ3) is 3.63. The molecule has 2 rings (SSSR count). The van der Waals surface area contributed by atoms with Crippen molar-refractivity contribution in [3.63, 3.8) is 0 Å². The van der Waals surface area contributed by atoms with E-state index in [1.54, 1.807) is 13.0 Å². The number of sulfonamides is 1. The molecule has 6 heteroatoms. The van der Waals surface area contributed by atoms with Gasteiger partial charge < -0.3 is 4.90 Å². The second-order valence-corrected chi connectivity index (χ2v) is 8.08. The van der Waals surface area contributed by atoms with E-state index in [1.165, 1.54) is 12.1 Å². The van der Waals surface area contributed by atoms with E-state index in [2.05, 4.69) is 13.8 Å². The number of rotatable bonds is 2. The van der Waals surface area contributed by atoms with E-state index in [9.17, 15) is 13.2 Å². The van der Waals surface area contributed by atoms with Crippen LogP contribution in [0.15, 0.2) is 23.1 Å². The number of likely N-dealkylation sites (tertiary alicyclic amines) is 1. The van der Waals surface area contributed by atoms with Gasteiger partial charge in [0.2, 0.25) is 10.0 Å². The molecule has 21 heavy (non-hydrogen) atoms. The normalized spacial score (nSPS) is 18.6. The minimum atomic E-state index is -3.74. The molecule has 2 N–H and O–H groups in total. The molecule has 0 unspecified atom stereocenters. The fourth-order valence-electron chi connectivity index (χ4n) is 2.82. The van der Waals surface area contributed by atoms with Crippen LogP contribution in [0.25, 0.3) is 0 Å². The molecule has 0 atom stereocenters. The number of benzene rings is 1. The highest BCUT2D eigenvalue weighted by atomic mass is 32.2. The van der Waals surface area contributed by atoms with Gasteiger partial charge in [0.05, 0.1) is 4.90 Å². The molecule has 1 amide bonds. The van der Waals surface area contributed by atoms with Crippen molar-refractivity contribution in [2.45, 2.75) is 38.5 Å². The van der Waals surface area contributed by atoms with Gasteiger partial charge >= 0.3 is 0 Å². The Hall–Kier alpha value is -1.40. The van der Waals surface area contributed by atoms with E-state index < -0.39 is 10.0 Å². The Morgan fingerprint density at radius 3 is 2.52 bits per heavy atom. The summed E-state index contributed by atoms with van der Waals surface area (Å²) in [6, 6.07) is 4.40. The van der Waals surface area contributed by atoms with Crippen LogP contribution in [0.1, 0.15) is 42.6 Å². The van der Waals surface area contributed by atoms with E-state index in [0.29, 0.717) is 11.1 Å². The summed E-state index contributed by atoms with van der Waals surface area (Å²) in [5.41, 5.74) is 1.30. The minimum absolute atomic E-state index is 0.0375. The fraction of sp³-hybridized carbons (Fsp3) is 0.533. The average molecular weight is 310 g/mol. The molecule has 5 nitrogen and oxygen atoms in total. The number of hydrogen-bond acceptors (Lipinski definition) is 3. The van der Waals surface area contributed by atoms with Gasteiger partial charge in [0.1, 0.15) is 0 Å². The predicted molar refractivity (Wildman–Crippen MR) is 81.5 cm³/mol. The van der Waals surface area contributed by atoms with Gasteiger partial charge in [-0.25, -0.2) is 13.6 Å². The number of primary sulfonamides is 1. The SMILES string of the molecule is Cc1cc(S(N)(=O)=O)ccc1C(=O)N1CCCC(C)(C)C1. The van der Waals surface area contributed by atoms with Gasteiger partial charge in [-0.15, -0.1) is 0 Å². The molecule has 0 aromatic heterocycles. The van der Waals surface area contributed by atoms with E-state index in [4.69, 9.17) is 5.14 Å². The maximum Gasteiger partial charge on any atom is 0.254 e. The van der Waals surface area contributed by atoms with Crippen LogP contribution in [0.3, 0.4) is 0 Å². The van der Waals surface area contributed by atoms with E-state index >= 15 is 0 Å². The van der Waals surface area contributed by atoms with Crippen LogP contribution >= 0.6 is 0 Å². The van der Waals surface area contributed by atoms with E-state index in [0.717, 1.165) is 25.9 Å². The highest BCUT2D eigenvalue weighted by molar-refractivity contribution is 7.89. The summed E-state index contributed by atoms with van der Waals surface area (Å²) in [5.74, 6) is -0.0405. The summed E-state index contributed by atoms with van der Waals surface area (Å²) in [5, 5.41) is 5.11. The zero-order chi connectivity index (χ0) is 15.8. The smallest absolute Gasteiger partial charge is 0.254 e. The number of aryl methyl sites for hydroxylation is 1. The number of nitrogens with two attached hydrogens (primary N) is 1. The van der Waals surface area contributed by atoms with Crippen LogP contribution in [0, 0.1) is 12.3 Å². The number of carbonyl (C=O) groups is 1. The van der Waals surface area contributed by atoms with Crippen molar-refractivity contribution in [3.05, 3.63) is 29.3 Å². The summed E-state index contributed by atoms with van der Waals surface area (Å²) >= 11 is 0. The predicted octanol–water partition coefficient (Wildman–Crippen LogP) is 1.90. The Kier molecular flexibility index (Phi) is 4.13. The minimum Gasteiger partial charge on any atom is -0.338 e. The molecule has 0 aliphatic carbocycles. The van der Waals surface area contributed by atoms with Crippen molar-refractivity contribution in [3.8, 4) is 0 Å². The van der Waals surface area contributed by atoms with Crippen molar-refractivity contribution in [1.29, 1.82) is 0 Å². The second kappa shape index (κ2) is 5.42. The summed E-state index contributed by atoms with van der Waals surface area (Å²) in [7, 11) is -3.74. The molecule has 1 aliphatic rings.